The van der Waals surface area contributed by atoms with Gasteiger partial charge in [0.2, 0.25) is 6.29 Å². The molecular weight excluding hydrogens is 352 g/mol. The Morgan fingerprint density at radius 1 is 1.00 bits per heavy atom. The third kappa shape index (κ3) is 5.41. The Bertz CT molecular complexity index is 346. The summed E-state index contributed by atoms with van der Waals surface area (Å²) in [4.78, 5) is 9.78. The van der Waals surface area contributed by atoms with Crippen LogP contribution in [0.15, 0.2) is 0 Å². The lowest BCUT2D eigenvalue weighted by Crippen LogP contribution is -2.59. The SMILES string of the molecule is C[C@@H](O)C(O)[C@H](O)C(CS)OO[C@@H]1OC(CS)[C@@H](O)C(O)C1O. The molecule has 0 amide bonds. The average Bonchev–Trinajstić information content (AvgIpc) is 2.53. The molecule has 1 rings (SSSR count). The van der Waals surface area contributed by atoms with Gasteiger partial charge in [0, 0.05) is 11.5 Å². The van der Waals surface area contributed by atoms with Gasteiger partial charge in [-0.3, -0.25) is 0 Å². The molecule has 6 N–H and O–H groups in total. The van der Waals surface area contributed by atoms with E-state index in [-0.39, 0.29) is 11.5 Å². The Kier molecular flexibility index (Phi) is 9.04. The number of ether oxygens (including phenoxy) is 1. The van der Waals surface area contributed by atoms with Gasteiger partial charge in [-0.05, 0) is 6.92 Å². The molecule has 23 heavy (non-hydrogen) atoms. The van der Waals surface area contributed by atoms with E-state index in [1.807, 2.05) is 0 Å². The fourth-order valence-electron chi connectivity index (χ4n) is 1.97. The van der Waals surface area contributed by atoms with Crippen LogP contribution in [0.3, 0.4) is 0 Å². The topological polar surface area (TPSA) is 149 Å². The predicted octanol–water partition coefficient (Wildman–Crippen LogP) is -2.93. The maximum Gasteiger partial charge on any atom is 0.220 e. The van der Waals surface area contributed by atoms with E-state index in [0.717, 1.165) is 0 Å². The van der Waals surface area contributed by atoms with Gasteiger partial charge in [0.05, 0.1) is 12.2 Å². The first-order valence-electron chi connectivity index (χ1n) is 7.02. The molecule has 0 spiro atoms. The van der Waals surface area contributed by atoms with Crippen LogP contribution in [0.25, 0.3) is 0 Å². The van der Waals surface area contributed by atoms with Crippen LogP contribution in [0.5, 0.6) is 0 Å². The maximum absolute atomic E-state index is 9.87. The fourth-order valence-corrected chi connectivity index (χ4v) is 2.55. The zero-order valence-electron chi connectivity index (χ0n) is 12.4. The van der Waals surface area contributed by atoms with E-state index in [4.69, 9.17) is 14.5 Å². The Balaban J connectivity index is 2.63. The first-order valence-corrected chi connectivity index (χ1v) is 8.28. The number of thiol groups is 2. The first-order chi connectivity index (χ1) is 10.7. The molecule has 9 nitrogen and oxygen atoms in total. The summed E-state index contributed by atoms with van der Waals surface area (Å²) in [5.41, 5.74) is 0. The van der Waals surface area contributed by atoms with Crippen molar-refractivity contribution >= 4 is 25.3 Å². The highest BCUT2D eigenvalue weighted by Crippen LogP contribution is 2.24. The molecule has 1 saturated heterocycles. The molecule has 0 radical (unpaired) electrons. The van der Waals surface area contributed by atoms with Gasteiger partial charge in [-0.15, -0.1) is 0 Å². The number of aliphatic hydroxyl groups excluding tert-OH is 6. The molecular formula is C12H24O9S2. The number of hydrogen-bond acceptors (Lipinski definition) is 11. The molecule has 0 saturated carbocycles. The Labute approximate surface area is 144 Å². The molecule has 138 valence electrons. The quantitative estimate of drug-likeness (QED) is 0.127. The summed E-state index contributed by atoms with van der Waals surface area (Å²) < 4.78 is 5.21. The summed E-state index contributed by atoms with van der Waals surface area (Å²) >= 11 is 7.90. The van der Waals surface area contributed by atoms with Gasteiger partial charge < -0.3 is 35.4 Å². The third-order valence-electron chi connectivity index (χ3n) is 3.53. The highest BCUT2D eigenvalue weighted by Gasteiger charge is 2.45. The van der Waals surface area contributed by atoms with Gasteiger partial charge in [-0.1, -0.05) is 0 Å². The van der Waals surface area contributed by atoms with Gasteiger partial charge in [0.25, 0.3) is 0 Å². The Morgan fingerprint density at radius 2 is 1.61 bits per heavy atom. The van der Waals surface area contributed by atoms with Crippen LogP contribution in [-0.2, 0) is 14.5 Å². The van der Waals surface area contributed by atoms with Crippen molar-refractivity contribution in [2.24, 2.45) is 0 Å². The van der Waals surface area contributed by atoms with E-state index in [1.165, 1.54) is 6.92 Å². The molecule has 11 heteroatoms. The molecule has 9 atom stereocenters. The van der Waals surface area contributed by atoms with Crippen LogP contribution in [0, 0.1) is 0 Å². The predicted molar refractivity (Wildman–Crippen MR) is 84.0 cm³/mol. The number of rotatable bonds is 8. The van der Waals surface area contributed by atoms with Crippen LogP contribution in [0.1, 0.15) is 6.92 Å². The minimum atomic E-state index is -1.60. The van der Waals surface area contributed by atoms with E-state index < -0.39 is 55.1 Å². The van der Waals surface area contributed by atoms with E-state index in [0.29, 0.717) is 0 Å². The van der Waals surface area contributed by atoms with Crippen molar-refractivity contribution in [1.29, 1.82) is 0 Å². The fraction of sp³-hybridized carbons (Fsp3) is 1.00. The molecule has 1 fully saturated rings. The Morgan fingerprint density at radius 3 is 2.09 bits per heavy atom. The molecule has 1 aliphatic rings. The van der Waals surface area contributed by atoms with E-state index >= 15 is 0 Å². The van der Waals surface area contributed by atoms with Crippen molar-refractivity contribution in [1.82, 2.24) is 0 Å². The summed E-state index contributed by atoms with van der Waals surface area (Å²) in [5, 5.41) is 57.9. The van der Waals surface area contributed by atoms with Crippen LogP contribution in [0.4, 0.5) is 0 Å². The number of hydrogen-bond donors (Lipinski definition) is 8. The van der Waals surface area contributed by atoms with Crippen molar-refractivity contribution < 1.29 is 45.2 Å². The molecule has 0 aliphatic carbocycles. The average molecular weight is 376 g/mol. The molecule has 0 aromatic heterocycles. The van der Waals surface area contributed by atoms with Crippen LogP contribution < -0.4 is 0 Å². The van der Waals surface area contributed by atoms with Crippen molar-refractivity contribution in [3.05, 3.63) is 0 Å². The van der Waals surface area contributed by atoms with Gasteiger partial charge in [0.1, 0.15) is 36.6 Å². The monoisotopic (exact) mass is 376 g/mol. The lowest BCUT2D eigenvalue weighted by atomic mass is 10.00. The van der Waals surface area contributed by atoms with Gasteiger partial charge >= 0.3 is 0 Å². The minimum Gasteiger partial charge on any atom is -0.391 e. The molecule has 1 heterocycles. The van der Waals surface area contributed by atoms with E-state index in [1.54, 1.807) is 0 Å². The number of aliphatic hydroxyl groups is 6. The summed E-state index contributed by atoms with van der Waals surface area (Å²) in [6.07, 6.45) is -12.2. The normalized spacial score (nSPS) is 37.2. The second-order valence-electron chi connectivity index (χ2n) is 5.33. The van der Waals surface area contributed by atoms with Crippen molar-refractivity contribution in [3.8, 4) is 0 Å². The zero-order valence-corrected chi connectivity index (χ0v) is 14.2. The highest BCUT2D eigenvalue weighted by molar-refractivity contribution is 7.80. The smallest absolute Gasteiger partial charge is 0.220 e. The standard InChI is InChI=1S/C12H24O9S2/c1-4(13)7(14)9(16)6(3-23)20-21-12-11(18)10(17)8(15)5(2-22)19-12/h4-18,22-23H,2-3H2,1H3/t4-,5?,6?,7?,8-,9-,10?,11?,12+/m1/s1. The highest BCUT2D eigenvalue weighted by atomic mass is 32.1. The lowest BCUT2D eigenvalue weighted by Gasteiger charge is -2.39. The van der Waals surface area contributed by atoms with Crippen molar-refractivity contribution in [2.75, 3.05) is 11.5 Å². The minimum absolute atomic E-state index is 0.0597. The maximum atomic E-state index is 9.87. The van der Waals surface area contributed by atoms with E-state index in [2.05, 4.69) is 25.3 Å². The van der Waals surface area contributed by atoms with Gasteiger partial charge in [-0.2, -0.15) is 25.3 Å². The van der Waals surface area contributed by atoms with Gasteiger partial charge in [0.15, 0.2) is 0 Å². The second-order valence-corrected chi connectivity index (χ2v) is 6.06. The van der Waals surface area contributed by atoms with E-state index in [9.17, 15) is 30.6 Å². The summed E-state index contributed by atoms with van der Waals surface area (Å²) in [5.74, 6) is -0.0148. The van der Waals surface area contributed by atoms with Crippen molar-refractivity contribution in [3.63, 3.8) is 0 Å². The molecule has 0 aromatic carbocycles. The van der Waals surface area contributed by atoms with Gasteiger partial charge in [-0.25, -0.2) is 9.78 Å². The Hall–Kier alpha value is 0.340. The second kappa shape index (κ2) is 9.73. The van der Waals surface area contributed by atoms with Crippen LogP contribution in [-0.4, -0.2) is 97.3 Å². The molecule has 0 aromatic rings. The molecule has 0 bridgehead atoms. The summed E-state index contributed by atoms with van der Waals surface area (Å²) in [6, 6.07) is 0. The first kappa shape index (κ1) is 21.4. The zero-order chi connectivity index (χ0) is 17.7. The summed E-state index contributed by atoms with van der Waals surface area (Å²) in [7, 11) is 0. The molecule has 1 aliphatic heterocycles. The summed E-state index contributed by atoms with van der Waals surface area (Å²) in [6.45, 7) is 1.29. The lowest BCUT2D eigenvalue weighted by molar-refractivity contribution is -0.441. The third-order valence-corrected chi connectivity index (χ3v) is 4.25. The molecule has 5 unspecified atom stereocenters. The van der Waals surface area contributed by atoms with Crippen molar-refractivity contribution in [2.45, 2.75) is 62.0 Å². The van der Waals surface area contributed by atoms with Crippen LogP contribution in [0.2, 0.25) is 0 Å². The largest absolute Gasteiger partial charge is 0.391 e. The van der Waals surface area contributed by atoms with Crippen LogP contribution >= 0.6 is 25.3 Å².